The average molecular weight is 418 g/mol. The Morgan fingerprint density at radius 1 is 0.968 bits per heavy atom. The predicted octanol–water partition coefficient (Wildman–Crippen LogP) is 3.51. The van der Waals surface area contributed by atoms with Crippen molar-refractivity contribution >= 4 is 29.7 Å². The van der Waals surface area contributed by atoms with Gasteiger partial charge in [0.25, 0.3) is 5.91 Å². The van der Waals surface area contributed by atoms with Gasteiger partial charge in [-0.15, -0.1) is 0 Å². The minimum Gasteiger partial charge on any atom is -0.478 e. The third-order valence-electron chi connectivity index (χ3n) is 4.68. The molecule has 3 N–H and O–H groups in total. The second-order valence-electron chi connectivity index (χ2n) is 6.97. The number of carboxylic acid groups (broad SMARTS) is 1. The molecule has 8 nitrogen and oxygen atoms in total. The molecule has 0 atom stereocenters. The van der Waals surface area contributed by atoms with Gasteiger partial charge >= 0.3 is 5.97 Å². The normalized spacial score (nSPS) is 10.8. The highest BCUT2D eigenvalue weighted by atomic mass is 16.4. The lowest BCUT2D eigenvalue weighted by Crippen LogP contribution is -2.17. The monoisotopic (exact) mass is 418 g/mol. The Morgan fingerprint density at radius 3 is 2.16 bits per heavy atom. The maximum absolute atomic E-state index is 12.3. The molecule has 3 aromatic rings. The molecule has 0 saturated heterocycles. The van der Waals surface area contributed by atoms with E-state index in [9.17, 15) is 14.4 Å². The molecule has 0 unspecified atom stereocenters. The number of carbonyl (C=O) groups is 3. The van der Waals surface area contributed by atoms with Gasteiger partial charge in [-0.25, -0.2) is 10.2 Å². The molecule has 0 aliphatic carbocycles. The van der Waals surface area contributed by atoms with Gasteiger partial charge in [0.1, 0.15) is 0 Å². The Labute approximate surface area is 179 Å². The molecule has 0 bridgehead atoms. The summed E-state index contributed by atoms with van der Waals surface area (Å²) in [5.74, 6) is -1.53. The van der Waals surface area contributed by atoms with Gasteiger partial charge in [0.15, 0.2) is 0 Å². The van der Waals surface area contributed by atoms with E-state index in [-0.39, 0.29) is 17.4 Å². The standard InChI is InChI=1S/C23H22N4O4/c1-14-12-19(15(2)27(14)21-10-6-18(7-11-21)23(30)31)13-24-26-22(29)17-4-8-20(9-5-17)25-16(3)28/h4-13H,1-3H3,(H,25,28)(H,26,29)(H,30,31). The number of aromatic carboxylic acids is 1. The van der Waals surface area contributed by atoms with E-state index in [1.54, 1.807) is 54.7 Å². The number of hydrogen-bond acceptors (Lipinski definition) is 4. The van der Waals surface area contributed by atoms with Crippen LogP contribution in [0.25, 0.3) is 5.69 Å². The highest BCUT2D eigenvalue weighted by molar-refractivity contribution is 5.96. The SMILES string of the molecule is CC(=O)Nc1ccc(C(=O)NN=Cc2cc(C)n(-c3ccc(C(=O)O)cc3)c2C)cc1. The number of anilines is 1. The van der Waals surface area contributed by atoms with Crippen molar-refractivity contribution in [1.82, 2.24) is 9.99 Å². The molecule has 3 rings (SSSR count). The molecule has 2 amide bonds. The van der Waals surface area contributed by atoms with Crippen LogP contribution in [-0.4, -0.2) is 33.7 Å². The Morgan fingerprint density at radius 2 is 1.58 bits per heavy atom. The van der Waals surface area contributed by atoms with Crippen LogP contribution in [0.15, 0.2) is 59.7 Å². The van der Waals surface area contributed by atoms with Crippen molar-refractivity contribution in [3.05, 3.63) is 82.7 Å². The summed E-state index contributed by atoms with van der Waals surface area (Å²) in [5.41, 5.74) is 7.24. The first kappa shape index (κ1) is 21.5. The number of aromatic nitrogens is 1. The number of amides is 2. The van der Waals surface area contributed by atoms with E-state index in [1.165, 1.54) is 6.92 Å². The molecule has 1 heterocycles. The summed E-state index contributed by atoms with van der Waals surface area (Å²) in [6.07, 6.45) is 1.56. The van der Waals surface area contributed by atoms with Crippen molar-refractivity contribution in [2.45, 2.75) is 20.8 Å². The number of carbonyl (C=O) groups excluding carboxylic acids is 2. The summed E-state index contributed by atoms with van der Waals surface area (Å²) in [6.45, 7) is 5.27. The van der Waals surface area contributed by atoms with Gasteiger partial charge < -0.3 is 15.0 Å². The van der Waals surface area contributed by atoms with Crippen LogP contribution < -0.4 is 10.7 Å². The molecule has 2 aromatic carbocycles. The van der Waals surface area contributed by atoms with E-state index >= 15 is 0 Å². The Hall–Kier alpha value is -4.20. The van der Waals surface area contributed by atoms with Crippen molar-refractivity contribution in [1.29, 1.82) is 0 Å². The molecular formula is C23H22N4O4. The minimum atomic E-state index is -0.971. The molecule has 0 aliphatic rings. The van der Waals surface area contributed by atoms with Crippen LogP contribution in [0.3, 0.4) is 0 Å². The van der Waals surface area contributed by atoms with Crippen LogP contribution in [0, 0.1) is 13.8 Å². The van der Waals surface area contributed by atoms with Crippen LogP contribution in [-0.2, 0) is 4.79 Å². The number of hydrazone groups is 1. The number of aryl methyl sites for hydroxylation is 1. The molecule has 0 radical (unpaired) electrons. The lowest BCUT2D eigenvalue weighted by atomic mass is 10.2. The van der Waals surface area contributed by atoms with E-state index in [1.807, 2.05) is 24.5 Å². The van der Waals surface area contributed by atoms with E-state index in [0.717, 1.165) is 22.6 Å². The molecular weight excluding hydrogens is 396 g/mol. The molecule has 31 heavy (non-hydrogen) atoms. The van der Waals surface area contributed by atoms with E-state index < -0.39 is 5.97 Å². The lowest BCUT2D eigenvalue weighted by Gasteiger charge is -2.09. The molecule has 1 aromatic heterocycles. The third-order valence-corrected chi connectivity index (χ3v) is 4.68. The molecule has 0 spiro atoms. The van der Waals surface area contributed by atoms with E-state index in [4.69, 9.17) is 5.11 Å². The number of nitrogens with zero attached hydrogens (tertiary/aromatic N) is 2. The fourth-order valence-corrected chi connectivity index (χ4v) is 3.20. The fraction of sp³-hybridized carbons (Fsp3) is 0.130. The molecule has 158 valence electrons. The van der Waals surface area contributed by atoms with Crippen LogP contribution in [0.5, 0.6) is 0 Å². The second kappa shape index (κ2) is 9.08. The van der Waals surface area contributed by atoms with Crippen molar-refractivity contribution in [2.75, 3.05) is 5.32 Å². The Bertz CT molecular complexity index is 1160. The highest BCUT2D eigenvalue weighted by Crippen LogP contribution is 2.20. The van der Waals surface area contributed by atoms with Gasteiger partial charge in [0.2, 0.25) is 5.91 Å². The number of benzene rings is 2. The zero-order valence-corrected chi connectivity index (χ0v) is 17.3. The largest absolute Gasteiger partial charge is 0.478 e. The smallest absolute Gasteiger partial charge is 0.335 e. The number of nitrogens with one attached hydrogen (secondary N) is 2. The number of carboxylic acids is 1. The fourth-order valence-electron chi connectivity index (χ4n) is 3.20. The Balaban J connectivity index is 1.71. The predicted molar refractivity (Wildman–Crippen MR) is 118 cm³/mol. The molecule has 0 fully saturated rings. The van der Waals surface area contributed by atoms with Crippen molar-refractivity contribution in [3.8, 4) is 5.69 Å². The summed E-state index contributed by atoms with van der Waals surface area (Å²) in [7, 11) is 0. The average Bonchev–Trinajstić information content (AvgIpc) is 3.01. The minimum absolute atomic E-state index is 0.183. The van der Waals surface area contributed by atoms with Gasteiger partial charge in [-0.1, -0.05) is 0 Å². The third kappa shape index (κ3) is 5.05. The van der Waals surface area contributed by atoms with Crippen molar-refractivity contribution < 1.29 is 19.5 Å². The van der Waals surface area contributed by atoms with Crippen molar-refractivity contribution in [3.63, 3.8) is 0 Å². The topological polar surface area (TPSA) is 113 Å². The van der Waals surface area contributed by atoms with Crippen LogP contribution in [0.1, 0.15) is 44.6 Å². The molecule has 8 heteroatoms. The van der Waals surface area contributed by atoms with Crippen LogP contribution in [0.4, 0.5) is 5.69 Å². The maximum atomic E-state index is 12.3. The molecule has 0 saturated carbocycles. The summed E-state index contributed by atoms with van der Waals surface area (Å²) in [4.78, 5) is 34.4. The van der Waals surface area contributed by atoms with E-state index in [0.29, 0.717) is 11.3 Å². The Kier molecular flexibility index (Phi) is 6.30. The maximum Gasteiger partial charge on any atom is 0.335 e. The first-order valence-electron chi connectivity index (χ1n) is 9.50. The number of hydrogen-bond donors (Lipinski definition) is 3. The zero-order valence-electron chi connectivity index (χ0n) is 17.3. The van der Waals surface area contributed by atoms with Gasteiger partial charge in [-0.3, -0.25) is 9.59 Å². The summed E-state index contributed by atoms with van der Waals surface area (Å²) < 4.78 is 1.98. The highest BCUT2D eigenvalue weighted by Gasteiger charge is 2.11. The van der Waals surface area contributed by atoms with Gasteiger partial charge in [0.05, 0.1) is 11.8 Å². The van der Waals surface area contributed by atoms with Gasteiger partial charge in [0, 0.05) is 40.8 Å². The lowest BCUT2D eigenvalue weighted by molar-refractivity contribution is -0.114. The summed E-state index contributed by atoms with van der Waals surface area (Å²) in [6, 6.07) is 15.0. The van der Waals surface area contributed by atoms with E-state index in [2.05, 4.69) is 15.8 Å². The van der Waals surface area contributed by atoms with Crippen LogP contribution in [0.2, 0.25) is 0 Å². The first-order valence-corrected chi connectivity index (χ1v) is 9.50. The second-order valence-corrected chi connectivity index (χ2v) is 6.97. The van der Waals surface area contributed by atoms with Gasteiger partial charge in [-0.05, 0) is 68.4 Å². The molecule has 0 aliphatic heterocycles. The summed E-state index contributed by atoms with van der Waals surface area (Å²) in [5, 5.41) is 15.7. The first-order chi connectivity index (χ1) is 14.8. The van der Waals surface area contributed by atoms with Gasteiger partial charge in [-0.2, -0.15) is 5.10 Å². The van der Waals surface area contributed by atoms with Crippen molar-refractivity contribution in [2.24, 2.45) is 5.10 Å². The number of rotatable bonds is 6. The summed E-state index contributed by atoms with van der Waals surface area (Å²) >= 11 is 0. The quantitative estimate of drug-likeness (QED) is 0.420. The zero-order chi connectivity index (χ0) is 22.5. The van der Waals surface area contributed by atoms with Crippen LogP contribution >= 0.6 is 0 Å².